The number of cyclic esters (lactones) is 1. The Labute approximate surface area is 177 Å². The molecule has 2 aromatic rings. The van der Waals surface area contributed by atoms with Crippen molar-refractivity contribution in [2.24, 2.45) is 0 Å². The van der Waals surface area contributed by atoms with Crippen molar-refractivity contribution < 1.29 is 14.3 Å². The largest absolute Gasteiger partial charge is 0.441 e. The summed E-state index contributed by atoms with van der Waals surface area (Å²) in [4.78, 5) is 35.3. The average molecular weight is 409 g/mol. The third-order valence-corrected chi connectivity index (χ3v) is 5.60. The smallest absolute Gasteiger partial charge is 0.415 e. The maximum absolute atomic E-state index is 12.9. The summed E-state index contributed by atoms with van der Waals surface area (Å²) in [5.74, 6) is 1.01. The number of aromatic nitrogens is 1. The summed E-state index contributed by atoms with van der Waals surface area (Å²) in [6.07, 6.45) is 1.54. The molecule has 2 fully saturated rings. The van der Waals surface area contributed by atoms with Crippen molar-refractivity contribution in [2.45, 2.75) is 33.3 Å². The van der Waals surface area contributed by atoms with E-state index in [0.29, 0.717) is 25.2 Å². The van der Waals surface area contributed by atoms with Crippen LogP contribution in [0.4, 0.5) is 16.3 Å². The molecule has 30 heavy (non-hydrogen) atoms. The maximum Gasteiger partial charge on any atom is 0.415 e. The molecule has 0 unspecified atom stereocenters. The highest BCUT2D eigenvalue weighted by Crippen LogP contribution is 2.28. The van der Waals surface area contributed by atoms with E-state index in [9.17, 15) is 9.59 Å². The van der Waals surface area contributed by atoms with Crippen molar-refractivity contribution in [3.63, 3.8) is 0 Å². The minimum Gasteiger partial charge on any atom is -0.441 e. The first-order valence-electron chi connectivity index (χ1n) is 10.3. The van der Waals surface area contributed by atoms with Crippen molar-refractivity contribution >= 4 is 23.5 Å². The lowest BCUT2D eigenvalue weighted by Crippen LogP contribution is -2.49. The zero-order chi connectivity index (χ0) is 21.5. The summed E-state index contributed by atoms with van der Waals surface area (Å²) >= 11 is 0. The second kappa shape index (κ2) is 7.63. The summed E-state index contributed by atoms with van der Waals surface area (Å²) in [5.41, 5.74) is 3.18. The molecule has 0 radical (unpaired) electrons. The second-order valence-corrected chi connectivity index (χ2v) is 8.69. The van der Waals surface area contributed by atoms with Crippen LogP contribution in [0.25, 0.3) is 0 Å². The van der Waals surface area contributed by atoms with Crippen LogP contribution in [0.15, 0.2) is 36.5 Å². The van der Waals surface area contributed by atoms with E-state index >= 15 is 0 Å². The van der Waals surface area contributed by atoms with E-state index < -0.39 is 5.60 Å². The molecule has 0 saturated carbocycles. The number of aryl methyl sites for hydroxylation is 2. The molecule has 0 N–H and O–H groups in total. The van der Waals surface area contributed by atoms with E-state index in [1.807, 2.05) is 44.0 Å². The molecule has 3 heterocycles. The summed E-state index contributed by atoms with van der Waals surface area (Å²) in [6.45, 7) is 11.2. The fourth-order valence-electron chi connectivity index (χ4n) is 4.09. The molecule has 7 nitrogen and oxygen atoms in total. The van der Waals surface area contributed by atoms with Crippen LogP contribution in [0.1, 0.15) is 35.3 Å². The van der Waals surface area contributed by atoms with Gasteiger partial charge in [0.25, 0.3) is 5.91 Å². The van der Waals surface area contributed by atoms with Gasteiger partial charge < -0.3 is 14.5 Å². The topological polar surface area (TPSA) is 66.0 Å². The Bertz CT molecular complexity index is 963. The lowest BCUT2D eigenvalue weighted by Gasteiger charge is -2.36. The van der Waals surface area contributed by atoms with Crippen LogP contribution < -0.4 is 9.80 Å². The number of amides is 2. The van der Waals surface area contributed by atoms with Gasteiger partial charge in [0.15, 0.2) is 0 Å². The molecule has 2 aliphatic rings. The molecule has 2 aliphatic heterocycles. The molecule has 2 amide bonds. The predicted octanol–water partition coefficient (Wildman–Crippen LogP) is 3.40. The SMILES string of the molecule is Cc1cnc(N2CCN(C(=O)c3ccc(N4CC(C)(C)OC4=O)cc3)CC2)c(C)c1. The second-order valence-electron chi connectivity index (χ2n) is 8.69. The van der Waals surface area contributed by atoms with Gasteiger partial charge in [0.05, 0.1) is 6.54 Å². The number of piperazine rings is 1. The van der Waals surface area contributed by atoms with Gasteiger partial charge in [-0.3, -0.25) is 9.69 Å². The third-order valence-electron chi connectivity index (χ3n) is 5.60. The molecule has 0 bridgehead atoms. The third kappa shape index (κ3) is 3.97. The Morgan fingerprint density at radius 3 is 2.30 bits per heavy atom. The van der Waals surface area contributed by atoms with E-state index in [2.05, 4.69) is 22.9 Å². The first kappa shape index (κ1) is 20.2. The average Bonchev–Trinajstić information content (AvgIpc) is 3.00. The monoisotopic (exact) mass is 408 g/mol. The first-order valence-corrected chi connectivity index (χ1v) is 10.3. The number of carbonyl (C=O) groups is 2. The van der Waals surface area contributed by atoms with Crippen LogP contribution in [-0.4, -0.2) is 60.2 Å². The van der Waals surface area contributed by atoms with Gasteiger partial charge in [-0.25, -0.2) is 9.78 Å². The summed E-state index contributed by atoms with van der Waals surface area (Å²) in [6, 6.07) is 9.33. The Morgan fingerprint density at radius 2 is 1.73 bits per heavy atom. The fraction of sp³-hybridized carbons (Fsp3) is 0.435. The number of rotatable bonds is 3. The van der Waals surface area contributed by atoms with Crippen LogP contribution >= 0.6 is 0 Å². The van der Waals surface area contributed by atoms with E-state index in [1.54, 1.807) is 17.0 Å². The quantitative estimate of drug-likeness (QED) is 0.779. The minimum atomic E-state index is -0.504. The molecular formula is C23H28N4O3. The molecule has 0 aliphatic carbocycles. The number of hydrogen-bond donors (Lipinski definition) is 0. The Morgan fingerprint density at radius 1 is 1.07 bits per heavy atom. The Kier molecular flexibility index (Phi) is 5.13. The highest BCUT2D eigenvalue weighted by atomic mass is 16.6. The van der Waals surface area contributed by atoms with Crippen molar-refractivity contribution in [2.75, 3.05) is 42.5 Å². The van der Waals surface area contributed by atoms with E-state index in [4.69, 9.17) is 4.74 Å². The molecule has 4 rings (SSSR count). The lowest BCUT2D eigenvalue weighted by atomic mass is 10.1. The summed E-state index contributed by atoms with van der Waals surface area (Å²) in [5, 5.41) is 0. The van der Waals surface area contributed by atoms with Crippen LogP contribution in [0.3, 0.4) is 0 Å². The first-order chi connectivity index (χ1) is 14.2. The van der Waals surface area contributed by atoms with Crippen molar-refractivity contribution in [1.82, 2.24) is 9.88 Å². The number of hydrogen-bond acceptors (Lipinski definition) is 5. The van der Waals surface area contributed by atoms with Gasteiger partial charge in [0.1, 0.15) is 11.4 Å². The molecule has 0 spiro atoms. The molecular weight excluding hydrogens is 380 g/mol. The number of ether oxygens (including phenoxy) is 1. The van der Waals surface area contributed by atoms with E-state index in [0.717, 1.165) is 35.7 Å². The van der Waals surface area contributed by atoms with Gasteiger partial charge in [-0.1, -0.05) is 6.07 Å². The van der Waals surface area contributed by atoms with Gasteiger partial charge in [-0.2, -0.15) is 0 Å². The van der Waals surface area contributed by atoms with Crippen LogP contribution in [-0.2, 0) is 4.74 Å². The summed E-state index contributed by atoms with van der Waals surface area (Å²) in [7, 11) is 0. The maximum atomic E-state index is 12.9. The number of anilines is 2. The molecule has 0 atom stereocenters. The van der Waals surface area contributed by atoms with Crippen molar-refractivity contribution in [3.8, 4) is 0 Å². The Balaban J connectivity index is 1.39. The van der Waals surface area contributed by atoms with Gasteiger partial charge >= 0.3 is 6.09 Å². The highest BCUT2D eigenvalue weighted by Gasteiger charge is 2.38. The highest BCUT2D eigenvalue weighted by molar-refractivity contribution is 5.96. The normalized spacial score (nSPS) is 18.5. The van der Waals surface area contributed by atoms with Gasteiger partial charge in [-0.15, -0.1) is 0 Å². The standard InChI is InChI=1S/C23H28N4O3/c1-16-13-17(2)20(24-14-16)25-9-11-26(12-10-25)21(28)18-5-7-19(8-6-18)27-15-23(3,4)30-22(27)29/h5-8,13-14H,9-12,15H2,1-4H3. The Hall–Kier alpha value is -3.09. The summed E-state index contributed by atoms with van der Waals surface area (Å²) < 4.78 is 5.35. The number of nitrogens with zero attached hydrogens (tertiary/aromatic N) is 4. The van der Waals surface area contributed by atoms with E-state index in [1.165, 1.54) is 0 Å². The van der Waals surface area contributed by atoms with Gasteiger partial charge in [0, 0.05) is 43.6 Å². The molecule has 7 heteroatoms. The number of benzene rings is 1. The van der Waals surface area contributed by atoms with Crippen molar-refractivity contribution in [1.29, 1.82) is 0 Å². The van der Waals surface area contributed by atoms with Crippen LogP contribution in [0.5, 0.6) is 0 Å². The van der Waals surface area contributed by atoms with Crippen molar-refractivity contribution in [3.05, 3.63) is 53.2 Å². The minimum absolute atomic E-state index is 0.0131. The predicted molar refractivity (Wildman–Crippen MR) is 116 cm³/mol. The van der Waals surface area contributed by atoms with Crippen LogP contribution in [0, 0.1) is 13.8 Å². The zero-order valence-corrected chi connectivity index (χ0v) is 18.0. The number of carbonyl (C=O) groups excluding carboxylic acids is 2. The van der Waals surface area contributed by atoms with E-state index in [-0.39, 0.29) is 12.0 Å². The van der Waals surface area contributed by atoms with Gasteiger partial charge in [-0.05, 0) is 63.1 Å². The zero-order valence-electron chi connectivity index (χ0n) is 18.0. The lowest BCUT2D eigenvalue weighted by molar-refractivity contribution is 0.0746. The van der Waals surface area contributed by atoms with Crippen LogP contribution in [0.2, 0.25) is 0 Å². The molecule has 1 aromatic heterocycles. The molecule has 158 valence electrons. The number of pyridine rings is 1. The van der Waals surface area contributed by atoms with Gasteiger partial charge in [0.2, 0.25) is 0 Å². The molecule has 1 aromatic carbocycles. The fourth-order valence-corrected chi connectivity index (χ4v) is 4.09. The molecule has 2 saturated heterocycles.